The quantitative estimate of drug-likeness (QED) is 0.614. The summed E-state index contributed by atoms with van der Waals surface area (Å²) in [5.74, 6) is -0.243. The van der Waals surface area contributed by atoms with Gasteiger partial charge in [0, 0.05) is 38.9 Å². The van der Waals surface area contributed by atoms with Crippen LogP contribution in [0.2, 0.25) is 5.15 Å². The number of hydrogen-bond donors (Lipinski definition) is 0. The van der Waals surface area contributed by atoms with Crippen molar-refractivity contribution < 1.29 is 14.3 Å². The second kappa shape index (κ2) is 7.38. The molecule has 0 aliphatic carbocycles. The highest BCUT2D eigenvalue weighted by molar-refractivity contribution is 6.29. The molecule has 7 heteroatoms. The number of amides is 1. The van der Waals surface area contributed by atoms with E-state index in [9.17, 15) is 9.59 Å². The highest BCUT2D eigenvalue weighted by atomic mass is 35.5. The van der Waals surface area contributed by atoms with E-state index in [4.69, 9.17) is 11.6 Å². The smallest absolute Gasteiger partial charge is 0.306 e. The maximum Gasteiger partial charge on any atom is 0.306 e. The van der Waals surface area contributed by atoms with E-state index in [1.54, 1.807) is 17.0 Å². The van der Waals surface area contributed by atoms with E-state index in [1.807, 2.05) is 0 Å². The van der Waals surface area contributed by atoms with Gasteiger partial charge in [0.25, 0.3) is 5.91 Å². The molecule has 6 nitrogen and oxygen atoms in total. The molecular weight excluding hydrogens is 294 g/mol. The van der Waals surface area contributed by atoms with Gasteiger partial charge in [0.1, 0.15) is 5.15 Å². The predicted molar refractivity (Wildman–Crippen MR) is 78.2 cm³/mol. The molecule has 0 aromatic carbocycles. The number of nitrogens with zero attached hydrogens (tertiary/aromatic N) is 3. The number of piperazine rings is 1. The molecule has 1 fully saturated rings. The predicted octanol–water partition coefficient (Wildman–Crippen LogP) is 1.06. The van der Waals surface area contributed by atoms with Gasteiger partial charge in [-0.05, 0) is 12.1 Å². The third-order valence-corrected chi connectivity index (χ3v) is 3.72. The molecule has 0 atom stereocenters. The van der Waals surface area contributed by atoms with Gasteiger partial charge in [-0.1, -0.05) is 11.6 Å². The Balaban J connectivity index is 1.82. The standard InChI is InChI=1S/C14H18ClN3O3/c1-21-13(19)4-5-17-6-8-18(9-7-17)14(20)11-2-3-12(15)16-10-11/h2-3,10H,4-9H2,1H3. The fourth-order valence-electron chi connectivity index (χ4n) is 2.21. The fraction of sp³-hybridized carbons (Fsp3) is 0.500. The molecule has 2 heterocycles. The molecule has 0 radical (unpaired) electrons. The number of aromatic nitrogens is 1. The monoisotopic (exact) mass is 311 g/mol. The number of carbonyl (C=O) groups is 2. The number of rotatable bonds is 4. The maximum atomic E-state index is 12.3. The van der Waals surface area contributed by atoms with Crippen LogP contribution in [0.4, 0.5) is 0 Å². The van der Waals surface area contributed by atoms with E-state index in [0.29, 0.717) is 36.8 Å². The Labute approximate surface area is 128 Å². The zero-order valence-corrected chi connectivity index (χ0v) is 12.7. The van der Waals surface area contributed by atoms with Crippen LogP contribution in [0.5, 0.6) is 0 Å². The van der Waals surface area contributed by atoms with E-state index < -0.39 is 0 Å². The average molecular weight is 312 g/mol. The van der Waals surface area contributed by atoms with E-state index in [1.165, 1.54) is 13.3 Å². The van der Waals surface area contributed by atoms with Gasteiger partial charge in [-0.2, -0.15) is 0 Å². The number of esters is 1. The van der Waals surface area contributed by atoms with Crippen LogP contribution < -0.4 is 0 Å². The first-order chi connectivity index (χ1) is 10.1. The summed E-state index contributed by atoms with van der Waals surface area (Å²) in [6, 6.07) is 3.29. The van der Waals surface area contributed by atoms with Gasteiger partial charge in [0.05, 0.1) is 19.1 Å². The molecule has 2 rings (SSSR count). The SMILES string of the molecule is COC(=O)CCN1CCN(C(=O)c2ccc(Cl)nc2)CC1. The number of hydrogen-bond acceptors (Lipinski definition) is 5. The Kier molecular flexibility index (Phi) is 5.52. The molecule has 114 valence electrons. The lowest BCUT2D eigenvalue weighted by Crippen LogP contribution is -2.49. The van der Waals surface area contributed by atoms with Crippen molar-refractivity contribution in [2.45, 2.75) is 6.42 Å². The van der Waals surface area contributed by atoms with Crippen LogP contribution in [0.25, 0.3) is 0 Å². The zero-order valence-electron chi connectivity index (χ0n) is 11.9. The van der Waals surface area contributed by atoms with Crippen LogP contribution in [0.15, 0.2) is 18.3 Å². The van der Waals surface area contributed by atoms with Crippen LogP contribution >= 0.6 is 11.6 Å². The minimum atomic E-state index is -0.208. The summed E-state index contributed by atoms with van der Waals surface area (Å²) < 4.78 is 4.62. The zero-order chi connectivity index (χ0) is 15.2. The van der Waals surface area contributed by atoms with Gasteiger partial charge in [-0.25, -0.2) is 4.98 Å². The van der Waals surface area contributed by atoms with Gasteiger partial charge < -0.3 is 9.64 Å². The highest BCUT2D eigenvalue weighted by Gasteiger charge is 2.22. The first-order valence-corrected chi connectivity index (χ1v) is 7.18. The summed E-state index contributed by atoms with van der Waals surface area (Å²) in [6.07, 6.45) is 1.87. The van der Waals surface area contributed by atoms with Gasteiger partial charge in [-0.15, -0.1) is 0 Å². The number of methoxy groups -OCH3 is 1. The summed E-state index contributed by atoms with van der Waals surface area (Å²) in [5.41, 5.74) is 0.544. The number of ether oxygens (including phenoxy) is 1. The van der Waals surface area contributed by atoms with Crippen molar-refractivity contribution in [1.82, 2.24) is 14.8 Å². The summed E-state index contributed by atoms with van der Waals surface area (Å²) in [7, 11) is 1.39. The summed E-state index contributed by atoms with van der Waals surface area (Å²) in [6.45, 7) is 3.45. The topological polar surface area (TPSA) is 62.7 Å². The van der Waals surface area contributed by atoms with Crippen LogP contribution in [-0.4, -0.2) is 66.5 Å². The molecule has 0 spiro atoms. The minimum absolute atomic E-state index is 0.0354. The van der Waals surface area contributed by atoms with Crippen LogP contribution in [-0.2, 0) is 9.53 Å². The Morgan fingerprint density at radius 2 is 2.00 bits per heavy atom. The van der Waals surface area contributed by atoms with Crippen molar-refractivity contribution in [1.29, 1.82) is 0 Å². The van der Waals surface area contributed by atoms with E-state index in [2.05, 4.69) is 14.6 Å². The van der Waals surface area contributed by atoms with Crippen LogP contribution in [0.3, 0.4) is 0 Å². The van der Waals surface area contributed by atoms with Crippen molar-refractivity contribution in [2.24, 2.45) is 0 Å². The molecule has 1 aromatic heterocycles. The maximum absolute atomic E-state index is 12.3. The molecule has 1 saturated heterocycles. The molecule has 0 unspecified atom stereocenters. The molecule has 0 saturated carbocycles. The lowest BCUT2D eigenvalue weighted by atomic mass is 10.2. The van der Waals surface area contributed by atoms with Crippen molar-refractivity contribution >= 4 is 23.5 Å². The summed E-state index contributed by atoms with van der Waals surface area (Å²) >= 11 is 5.71. The van der Waals surface area contributed by atoms with Crippen molar-refractivity contribution in [3.05, 3.63) is 29.0 Å². The Bertz CT molecular complexity index is 499. The first-order valence-electron chi connectivity index (χ1n) is 6.80. The molecule has 0 N–H and O–H groups in total. The summed E-state index contributed by atoms with van der Waals surface area (Å²) in [4.78, 5) is 31.3. The van der Waals surface area contributed by atoms with Gasteiger partial charge in [-0.3, -0.25) is 14.5 Å². The summed E-state index contributed by atoms with van der Waals surface area (Å²) in [5, 5.41) is 0.374. The number of halogens is 1. The van der Waals surface area contributed by atoms with E-state index >= 15 is 0 Å². The minimum Gasteiger partial charge on any atom is -0.469 e. The molecule has 1 aliphatic heterocycles. The molecule has 21 heavy (non-hydrogen) atoms. The number of carbonyl (C=O) groups excluding carboxylic acids is 2. The lowest BCUT2D eigenvalue weighted by Gasteiger charge is -2.34. The molecule has 0 bridgehead atoms. The largest absolute Gasteiger partial charge is 0.469 e. The average Bonchev–Trinajstić information content (AvgIpc) is 2.53. The Morgan fingerprint density at radius 1 is 1.29 bits per heavy atom. The third kappa shape index (κ3) is 4.41. The Hall–Kier alpha value is -1.66. The van der Waals surface area contributed by atoms with Crippen molar-refractivity contribution in [2.75, 3.05) is 39.8 Å². The fourth-order valence-corrected chi connectivity index (χ4v) is 2.32. The normalized spacial score (nSPS) is 15.8. The van der Waals surface area contributed by atoms with Crippen molar-refractivity contribution in [3.8, 4) is 0 Å². The first kappa shape index (κ1) is 15.7. The Morgan fingerprint density at radius 3 is 2.57 bits per heavy atom. The van der Waals surface area contributed by atoms with Gasteiger partial charge in [0.2, 0.25) is 0 Å². The molecular formula is C14H18ClN3O3. The van der Waals surface area contributed by atoms with E-state index in [0.717, 1.165) is 13.1 Å². The van der Waals surface area contributed by atoms with E-state index in [-0.39, 0.29) is 11.9 Å². The van der Waals surface area contributed by atoms with Crippen molar-refractivity contribution in [3.63, 3.8) is 0 Å². The molecule has 1 aromatic rings. The van der Waals surface area contributed by atoms with Gasteiger partial charge >= 0.3 is 5.97 Å². The molecule has 1 amide bonds. The second-order valence-corrected chi connectivity index (χ2v) is 5.22. The third-order valence-electron chi connectivity index (χ3n) is 3.49. The van der Waals surface area contributed by atoms with Gasteiger partial charge in [0.15, 0.2) is 0 Å². The van der Waals surface area contributed by atoms with Crippen LogP contribution in [0, 0.1) is 0 Å². The number of pyridine rings is 1. The second-order valence-electron chi connectivity index (χ2n) is 4.83. The molecule has 1 aliphatic rings. The highest BCUT2D eigenvalue weighted by Crippen LogP contribution is 2.11. The van der Waals surface area contributed by atoms with Crippen LogP contribution in [0.1, 0.15) is 16.8 Å². The lowest BCUT2D eigenvalue weighted by molar-refractivity contribution is -0.141.